The molecule has 0 atom stereocenters. The molecule has 0 unspecified atom stereocenters. The quantitative estimate of drug-likeness (QED) is 0.121. The Bertz CT molecular complexity index is 9160. The van der Waals surface area contributed by atoms with E-state index in [0.717, 1.165) is 215 Å². The van der Waals surface area contributed by atoms with Crippen molar-refractivity contribution in [3.63, 3.8) is 0 Å². The van der Waals surface area contributed by atoms with Crippen molar-refractivity contribution in [2.24, 2.45) is 0 Å². The van der Waals surface area contributed by atoms with Crippen LogP contribution in [0, 0.1) is 0 Å². The van der Waals surface area contributed by atoms with E-state index in [9.17, 15) is 14.4 Å². The van der Waals surface area contributed by atoms with Crippen molar-refractivity contribution in [2.75, 3.05) is 0 Å². The summed E-state index contributed by atoms with van der Waals surface area (Å²) in [5.41, 5.74) is 32.5. The molecule has 0 aliphatic carbocycles. The lowest BCUT2D eigenvalue weighted by atomic mass is 9.86. The zero-order valence-corrected chi connectivity index (χ0v) is 72.9. The summed E-state index contributed by atoms with van der Waals surface area (Å²) in [4.78, 5) is 60.3. The first kappa shape index (κ1) is 79.0. The molecule has 0 fully saturated rings. The van der Waals surface area contributed by atoms with Crippen LogP contribution in [0.25, 0.3) is 248 Å². The smallest absolute Gasteiger partial charge is 0.264 e. The molecule has 0 saturated heterocycles. The molecular formula is C126H78N6O3. The summed E-state index contributed by atoms with van der Waals surface area (Å²) in [5, 5.41) is 11.0. The Labute approximate surface area is 775 Å². The summed E-state index contributed by atoms with van der Waals surface area (Å²) in [5.74, 6) is 0. The van der Waals surface area contributed by atoms with Crippen molar-refractivity contribution < 1.29 is 0 Å². The van der Waals surface area contributed by atoms with Crippen molar-refractivity contribution in [1.29, 1.82) is 0 Å². The molecule has 0 aliphatic heterocycles. The van der Waals surface area contributed by atoms with Gasteiger partial charge in [-0.2, -0.15) is 0 Å². The summed E-state index contributed by atoms with van der Waals surface area (Å²) in [6.45, 7) is 0. The highest BCUT2D eigenvalue weighted by atomic mass is 16.1. The first-order valence-electron chi connectivity index (χ1n) is 45.6. The lowest BCUT2D eigenvalue weighted by molar-refractivity contribution is 1.19. The molecule has 0 aliphatic rings. The van der Waals surface area contributed by atoms with Crippen LogP contribution in [0.2, 0.25) is 0 Å². The fourth-order valence-corrected chi connectivity index (χ4v) is 20.9. The molecule has 0 spiro atoms. The highest BCUT2D eigenvalue weighted by molar-refractivity contribution is 6.25. The van der Waals surface area contributed by atoms with E-state index in [1.165, 1.54) is 0 Å². The standard InChI is InChI=1S/3C42H26N2O/c45-42-34-23-13-22-32-31(27-14-5-1-6-15-27)24-25-33(39(32)34)41-43-40-36(44(41)42)26-35(28-16-7-2-8-17-28)37(29-18-9-3-10-19-29)38(40)30-20-11-4-12-21-30;45-42-34-23-13-22-32-31(27-14-5-1-6-15-27)24-25-33(38(32)34)41-43-39-37(30-20-11-4-12-21-30)35(28-16-7-2-8-17-28)26-36(40(39)44(41)42)29-18-9-3-10-19-29;45-42-34-25-24-31(27-14-5-1-6-15-27)32-22-13-23-33(38(32)34)41-43-39-37(30-20-11-4-12-21-30)35(28-16-7-2-8-17-28)26-36(40(39)44(41)42)29-18-9-3-10-19-29/h3*1-26H. The summed E-state index contributed by atoms with van der Waals surface area (Å²) >= 11 is 0. The second kappa shape index (κ2) is 32.8. The van der Waals surface area contributed by atoms with E-state index < -0.39 is 0 Å². The largest absolute Gasteiger partial charge is 0.268 e. The molecule has 0 saturated carbocycles. The Morgan fingerprint density at radius 1 is 0.156 bits per heavy atom. The number of pyridine rings is 3. The number of rotatable bonds is 12. The predicted molar refractivity (Wildman–Crippen MR) is 561 cm³/mol. The van der Waals surface area contributed by atoms with Gasteiger partial charge >= 0.3 is 0 Å². The van der Waals surface area contributed by atoms with Gasteiger partial charge in [0.2, 0.25) is 0 Å². The highest BCUT2D eigenvalue weighted by Gasteiger charge is 2.31. The van der Waals surface area contributed by atoms with Gasteiger partial charge in [0.25, 0.3) is 16.7 Å². The van der Waals surface area contributed by atoms with Crippen LogP contribution < -0.4 is 16.7 Å². The Morgan fingerprint density at radius 3 is 0.704 bits per heavy atom. The predicted octanol–water partition coefficient (Wildman–Crippen LogP) is 30.8. The molecule has 630 valence electrons. The third kappa shape index (κ3) is 13.1. The average Bonchev–Trinajstić information content (AvgIpc) is 1.56. The van der Waals surface area contributed by atoms with Crippen molar-refractivity contribution in [2.45, 2.75) is 0 Å². The zero-order chi connectivity index (χ0) is 89.7. The van der Waals surface area contributed by atoms with E-state index in [2.05, 4.69) is 346 Å². The minimum atomic E-state index is -0.0561. The van der Waals surface area contributed by atoms with E-state index in [4.69, 9.17) is 15.0 Å². The van der Waals surface area contributed by atoms with Gasteiger partial charge in [0, 0.05) is 76.3 Å². The minimum Gasteiger partial charge on any atom is -0.268 e. The molecule has 6 aromatic heterocycles. The van der Waals surface area contributed by atoms with Crippen LogP contribution in [0.3, 0.4) is 0 Å². The molecule has 21 aromatic carbocycles. The topological polar surface area (TPSA) is 103 Å². The van der Waals surface area contributed by atoms with Crippen LogP contribution in [-0.4, -0.2) is 28.2 Å². The van der Waals surface area contributed by atoms with Crippen LogP contribution in [-0.2, 0) is 0 Å². The van der Waals surface area contributed by atoms with Crippen molar-refractivity contribution in [1.82, 2.24) is 28.2 Å². The van der Waals surface area contributed by atoms with E-state index in [1.807, 2.05) is 141 Å². The molecule has 0 radical (unpaired) electrons. The van der Waals surface area contributed by atoms with Crippen LogP contribution >= 0.6 is 0 Å². The van der Waals surface area contributed by atoms with Gasteiger partial charge in [0.1, 0.15) is 16.9 Å². The number of hydrogen-bond donors (Lipinski definition) is 0. The fraction of sp³-hybridized carbons (Fsp3) is 0. The number of fused-ring (bicyclic) bond motifs is 12. The molecular weight excluding hydrogens is 1650 g/mol. The van der Waals surface area contributed by atoms with Crippen LogP contribution in [0.1, 0.15) is 0 Å². The SMILES string of the molecule is O=c1c2ccc(-c3ccccc3)c3cccc(c32)c2nc3c(-c4ccccc4)c(-c4ccccc4)cc(-c4ccccc4)c3n12.O=c1c2cccc3c(-c4ccccc4)ccc(c32)c2nc3c(-c4ccccc4)c(-c4ccccc4)c(-c4ccccc4)cc3n12.O=c1c2cccc3c(-c4ccccc4)ccc(c32)c2nc3c(-c4ccccc4)c(-c4ccccc4)cc(-c4ccccc4)c3n12. The van der Waals surface area contributed by atoms with E-state index in [1.54, 1.807) is 0 Å². The highest BCUT2D eigenvalue weighted by Crippen LogP contribution is 2.51. The maximum absolute atomic E-state index is 14.7. The van der Waals surface area contributed by atoms with Gasteiger partial charge in [-0.25, -0.2) is 15.0 Å². The maximum atomic E-state index is 14.7. The summed E-state index contributed by atoms with van der Waals surface area (Å²) in [6, 6.07) is 163. The van der Waals surface area contributed by atoms with Crippen LogP contribution in [0.5, 0.6) is 0 Å². The third-order valence-electron chi connectivity index (χ3n) is 26.9. The van der Waals surface area contributed by atoms with Gasteiger partial charge in [-0.15, -0.1) is 0 Å². The number of aromatic nitrogens is 6. The lowest BCUT2D eigenvalue weighted by Crippen LogP contribution is -2.14. The molecule has 27 rings (SSSR count). The van der Waals surface area contributed by atoms with E-state index in [0.29, 0.717) is 33.1 Å². The van der Waals surface area contributed by atoms with Gasteiger partial charge in [0.05, 0.1) is 33.1 Å². The first-order chi connectivity index (χ1) is 66.8. The van der Waals surface area contributed by atoms with Gasteiger partial charge in [-0.3, -0.25) is 27.6 Å². The van der Waals surface area contributed by atoms with Gasteiger partial charge < -0.3 is 0 Å². The Kier molecular flexibility index (Phi) is 19.2. The molecule has 9 nitrogen and oxygen atoms in total. The zero-order valence-electron chi connectivity index (χ0n) is 72.9. The monoisotopic (exact) mass is 1720 g/mol. The summed E-state index contributed by atoms with van der Waals surface area (Å²) in [6.07, 6.45) is 0. The van der Waals surface area contributed by atoms with Gasteiger partial charge in [0.15, 0.2) is 0 Å². The van der Waals surface area contributed by atoms with E-state index in [-0.39, 0.29) is 16.7 Å². The summed E-state index contributed by atoms with van der Waals surface area (Å²) < 4.78 is 5.55. The molecule has 135 heavy (non-hydrogen) atoms. The normalized spacial score (nSPS) is 11.6. The Morgan fingerprint density at radius 2 is 0.378 bits per heavy atom. The molecule has 0 N–H and O–H groups in total. The first-order valence-corrected chi connectivity index (χ1v) is 45.6. The molecule has 27 aromatic rings. The van der Waals surface area contributed by atoms with Crippen LogP contribution in [0.15, 0.2) is 488 Å². The van der Waals surface area contributed by atoms with Gasteiger partial charge in [-0.1, -0.05) is 425 Å². The van der Waals surface area contributed by atoms with Gasteiger partial charge in [-0.05, 0) is 170 Å². The second-order valence-corrected chi connectivity index (χ2v) is 34.4. The molecule has 9 heteroatoms. The Balaban J connectivity index is 0.000000108. The second-order valence-electron chi connectivity index (χ2n) is 34.4. The molecule has 0 bridgehead atoms. The van der Waals surface area contributed by atoms with Crippen molar-refractivity contribution in [3.8, 4) is 134 Å². The number of hydrogen-bond acceptors (Lipinski definition) is 6. The molecule has 0 amide bonds. The van der Waals surface area contributed by atoms with Crippen molar-refractivity contribution in [3.05, 3.63) is 504 Å². The Hall–Kier alpha value is -18.2. The number of nitrogens with zero attached hydrogens (tertiary/aromatic N) is 6. The summed E-state index contributed by atoms with van der Waals surface area (Å²) in [7, 11) is 0. The minimum absolute atomic E-state index is 0.0544. The third-order valence-corrected chi connectivity index (χ3v) is 26.9. The van der Waals surface area contributed by atoms with Crippen LogP contribution in [0.4, 0.5) is 0 Å². The number of imidazole rings is 3. The number of benzene rings is 21. The average molecular weight is 1720 g/mol. The van der Waals surface area contributed by atoms with E-state index >= 15 is 0 Å². The maximum Gasteiger partial charge on any atom is 0.264 e. The fourth-order valence-electron chi connectivity index (χ4n) is 20.9. The van der Waals surface area contributed by atoms with Crippen molar-refractivity contribution >= 4 is 115 Å². The molecule has 6 heterocycles. The lowest BCUT2D eigenvalue weighted by Gasteiger charge is -2.17.